The van der Waals surface area contributed by atoms with Crippen LogP contribution in [0.1, 0.15) is 13.8 Å². The Hall–Kier alpha value is -2.70. The molecule has 0 spiro atoms. The van der Waals surface area contributed by atoms with Crippen LogP contribution in [0, 0.1) is 5.92 Å². The van der Waals surface area contributed by atoms with Crippen molar-refractivity contribution in [1.82, 2.24) is 20.5 Å². The number of hydrogen-bond acceptors (Lipinski definition) is 6. The summed E-state index contributed by atoms with van der Waals surface area (Å²) in [5, 5.41) is 17.2. The first-order valence-electron chi connectivity index (χ1n) is 7.17. The molecule has 0 aliphatic rings. The Morgan fingerprint density at radius 3 is 2.55 bits per heavy atom. The van der Waals surface area contributed by atoms with E-state index < -0.39 is 0 Å². The molecule has 0 aromatic carbocycles. The molecule has 22 heavy (non-hydrogen) atoms. The van der Waals surface area contributed by atoms with Crippen molar-refractivity contribution < 1.29 is 4.79 Å². The maximum Gasteiger partial charge on any atom is 0.222 e. The minimum absolute atomic E-state index is 0.00220. The molecule has 0 saturated heterocycles. The molecule has 0 saturated carbocycles. The van der Waals surface area contributed by atoms with E-state index in [1.54, 1.807) is 12.4 Å². The molecule has 0 atom stereocenters. The van der Waals surface area contributed by atoms with Gasteiger partial charge in [0.05, 0.1) is 11.9 Å². The number of nitrogens with one attached hydrogen (secondary N) is 3. The summed E-state index contributed by atoms with van der Waals surface area (Å²) in [6.07, 6.45) is 3.42. The van der Waals surface area contributed by atoms with E-state index in [4.69, 9.17) is 0 Å². The number of anilines is 3. The first-order valence-corrected chi connectivity index (χ1v) is 7.17. The number of amides is 1. The van der Waals surface area contributed by atoms with Crippen LogP contribution < -0.4 is 16.0 Å². The molecule has 0 bridgehead atoms. The fourth-order valence-corrected chi connectivity index (χ4v) is 1.66. The third-order valence-electron chi connectivity index (χ3n) is 2.85. The molecule has 1 amide bonds. The van der Waals surface area contributed by atoms with Gasteiger partial charge in [0, 0.05) is 25.2 Å². The summed E-state index contributed by atoms with van der Waals surface area (Å²) in [4.78, 5) is 15.4. The van der Waals surface area contributed by atoms with Gasteiger partial charge in [-0.05, 0) is 24.3 Å². The van der Waals surface area contributed by atoms with Crippen molar-refractivity contribution in [3.05, 3.63) is 36.7 Å². The van der Waals surface area contributed by atoms with E-state index in [1.165, 1.54) is 0 Å². The Balaban J connectivity index is 1.76. The van der Waals surface area contributed by atoms with Crippen molar-refractivity contribution >= 4 is 23.2 Å². The number of aromatic nitrogens is 3. The highest BCUT2D eigenvalue weighted by Gasteiger charge is 2.05. The predicted molar refractivity (Wildman–Crippen MR) is 85.9 cm³/mol. The van der Waals surface area contributed by atoms with Gasteiger partial charge in [-0.1, -0.05) is 13.8 Å². The van der Waals surface area contributed by atoms with E-state index >= 15 is 0 Å². The quantitative estimate of drug-likeness (QED) is 0.675. The molecule has 2 aromatic rings. The SMILES string of the molecule is CC(C)C(=O)NCCNc1ccc(Nc2cccnc2)nn1. The highest BCUT2D eigenvalue weighted by Crippen LogP contribution is 2.12. The molecule has 0 unspecified atom stereocenters. The standard InChI is InChI=1S/C15H20N6O/c1-11(2)15(22)18-9-8-17-13-5-6-14(21-20-13)19-12-4-3-7-16-10-12/h3-7,10-11H,8-9H2,1-2H3,(H,17,20)(H,18,22)(H,19,21). The van der Waals surface area contributed by atoms with Gasteiger partial charge in [-0.15, -0.1) is 10.2 Å². The second-order valence-corrected chi connectivity index (χ2v) is 5.04. The van der Waals surface area contributed by atoms with Gasteiger partial charge in [0.2, 0.25) is 5.91 Å². The molecule has 0 fully saturated rings. The average Bonchev–Trinajstić information content (AvgIpc) is 2.53. The molecule has 7 heteroatoms. The Bertz CT molecular complexity index is 585. The van der Waals surface area contributed by atoms with Crippen molar-refractivity contribution in [2.75, 3.05) is 23.7 Å². The van der Waals surface area contributed by atoms with Crippen LogP contribution in [0.2, 0.25) is 0 Å². The molecule has 0 aliphatic heterocycles. The second kappa shape index (κ2) is 7.92. The topological polar surface area (TPSA) is 91.8 Å². The summed E-state index contributed by atoms with van der Waals surface area (Å²) in [6.45, 7) is 4.88. The lowest BCUT2D eigenvalue weighted by molar-refractivity contribution is -0.123. The number of nitrogens with zero attached hydrogens (tertiary/aromatic N) is 3. The molecule has 3 N–H and O–H groups in total. The van der Waals surface area contributed by atoms with Crippen LogP contribution in [0.4, 0.5) is 17.3 Å². The minimum Gasteiger partial charge on any atom is -0.367 e. The van der Waals surface area contributed by atoms with Gasteiger partial charge < -0.3 is 16.0 Å². The largest absolute Gasteiger partial charge is 0.367 e. The molecule has 2 heterocycles. The third kappa shape index (κ3) is 5.01. The Morgan fingerprint density at radius 2 is 1.91 bits per heavy atom. The van der Waals surface area contributed by atoms with Crippen LogP contribution in [-0.2, 0) is 4.79 Å². The highest BCUT2D eigenvalue weighted by molar-refractivity contribution is 5.77. The summed E-state index contributed by atoms with van der Waals surface area (Å²) in [5.74, 6) is 1.35. The molecular weight excluding hydrogens is 280 g/mol. The van der Waals surface area contributed by atoms with E-state index in [9.17, 15) is 4.79 Å². The molecular formula is C15H20N6O. The lowest BCUT2D eigenvalue weighted by Gasteiger charge is -2.09. The van der Waals surface area contributed by atoms with Crippen LogP contribution in [0.25, 0.3) is 0 Å². The molecule has 0 radical (unpaired) electrons. The minimum atomic E-state index is -0.00220. The van der Waals surface area contributed by atoms with Crippen LogP contribution >= 0.6 is 0 Å². The zero-order chi connectivity index (χ0) is 15.8. The predicted octanol–water partition coefficient (Wildman–Crippen LogP) is 1.80. The number of pyridine rings is 1. The van der Waals surface area contributed by atoms with Crippen LogP contribution in [0.3, 0.4) is 0 Å². The summed E-state index contributed by atoms with van der Waals surface area (Å²) in [7, 11) is 0. The van der Waals surface area contributed by atoms with Crippen molar-refractivity contribution in [3.63, 3.8) is 0 Å². The Morgan fingerprint density at radius 1 is 1.14 bits per heavy atom. The summed E-state index contributed by atoms with van der Waals surface area (Å²) in [6, 6.07) is 7.40. The maximum absolute atomic E-state index is 11.4. The van der Waals surface area contributed by atoms with Gasteiger partial charge in [-0.25, -0.2) is 0 Å². The molecule has 7 nitrogen and oxygen atoms in total. The van der Waals surface area contributed by atoms with E-state index in [0.29, 0.717) is 24.7 Å². The summed E-state index contributed by atoms with van der Waals surface area (Å²) in [5.41, 5.74) is 0.855. The smallest absolute Gasteiger partial charge is 0.222 e. The second-order valence-electron chi connectivity index (χ2n) is 5.04. The number of rotatable bonds is 7. The molecule has 0 aliphatic carbocycles. The zero-order valence-corrected chi connectivity index (χ0v) is 12.7. The van der Waals surface area contributed by atoms with Gasteiger partial charge in [-0.2, -0.15) is 0 Å². The lowest BCUT2D eigenvalue weighted by Crippen LogP contribution is -2.32. The molecule has 2 rings (SSSR count). The first-order chi connectivity index (χ1) is 10.6. The van der Waals surface area contributed by atoms with Crippen LogP contribution in [-0.4, -0.2) is 34.2 Å². The van der Waals surface area contributed by atoms with Crippen molar-refractivity contribution in [2.24, 2.45) is 5.92 Å². The van der Waals surface area contributed by atoms with Crippen LogP contribution in [0.5, 0.6) is 0 Å². The molecule has 116 valence electrons. The van der Waals surface area contributed by atoms with E-state index in [1.807, 2.05) is 38.1 Å². The lowest BCUT2D eigenvalue weighted by atomic mass is 10.2. The third-order valence-corrected chi connectivity index (χ3v) is 2.85. The molecule has 2 aromatic heterocycles. The van der Waals surface area contributed by atoms with Crippen LogP contribution in [0.15, 0.2) is 36.7 Å². The van der Waals surface area contributed by atoms with Gasteiger partial charge >= 0.3 is 0 Å². The normalized spacial score (nSPS) is 10.3. The van der Waals surface area contributed by atoms with Crippen molar-refractivity contribution in [3.8, 4) is 0 Å². The van der Waals surface area contributed by atoms with Gasteiger partial charge in [0.1, 0.15) is 5.82 Å². The maximum atomic E-state index is 11.4. The number of carbonyl (C=O) groups is 1. The van der Waals surface area contributed by atoms with E-state index in [0.717, 1.165) is 5.69 Å². The van der Waals surface area contributed by atoms with E-state index in [-0.39, 0.29) is 11.8 Å². The highest BCUT2D eigenvalue weighted by atomic mass is 16.1. The van der Waals surface area contributed by atoms with Crippen molar-refractivity contribution in [1.29, 1.82) is 0 Å². The van der Waals surface area contributed by atoms with Crippen molar-refractivity contribution in [2.45, 2.75) is 13.8 Å². The average molecular weight is 300 g/mol. The first kappa shape index (κ1) is 15.7. The fourth-order valence-electron chi connectivity index (χ4n) is 1.66. The van der Waals surface area contributed by atoms with Gasteiger partial charge in [-0.3, -0.25) is 9.78 Å². The number of hydrogen-bond donors (Lipinski definition) is 3. The monoisotopic (exact) mass is 300 g/mol. The Kier molecular flexibility index (Phi) is 5.65. The fraction of sp³-hybridized carbons (Fsp3) is 0.333. The van der Waals surface area contributed by atoms with E-state index in [2.05, 4.69) is 31.1 Å². The Labute approximate surface area is 129 Å². The summed E-state index contributed by atoms with van der Waals surface area (Å²) >= 11 is 0. The summed E-state index contributed by atoms with van der Waals surface area (Å²) < 4.78 is 0. The zero-order valence-electron chi connectivity index (χ0n) is 12.7. The van der Waals surface area contributed by atoms with Gasteiger partial charge in [0.15, 0.2) is 5.82 Å². The number of carbonyl (C=O) groups excluding carboxylic acids is 1. The van der Waals surface area contributed by atoms with Gasteiger partial charge in [0.25, 0.3) is 0 Å².